The van der Waals surface area contributed by atoms with Crippen LogP contribution < -0.4 is 4.74 Å². The maximum absolute atomic E-state index is 13.5. The Balaban J connectivity index is 1.98. The summed E-state index contributed by atoms with van der Waals surface area (Å²) in [6, 6.07) is 17.3. The van der Waals surface area contributed by atoms with Gasteiger partial charge in [0.1, 0.15) is 11.4 Å². The summed E-state index contributed by atoms with van der Waals surface area (Å²) in [6.07, 6.45) is 0.0334. The molecule has 0 unspecified atom stereocenters. The lowest BCUT2D eigenvalue weighted by Crippen LogP contribution is -2.37. The molecular formula is C26H32N2O4. The standard InChI is InChI=1S/C26H32N2O4/c1-5-27(18-20-10-8-7-9-11-20)24-23(21-12-14-22(15-13-21)31-6-2)25(29)28(26(24)30)16-17-32-19(3)4/h7-15,19H,5-6,16-18H2,1-4H3. The monoisotopic (exact) mass is 436 g/mol. The minimum absolute atomic E-state index is 0.0334. The summed E-state index contributed by atoms with van der Waals surface area (Å²) in [7, 11) is 0. The summed E-state index contributed by atoms with van der Waals surface area (Å²) in [6.45, 7) is 10.0. The molecule has 2 aromatic rings. The third-order valence-electron chi connectivity index (χ3n) is 5.28. The van der Waals surface area contributed by atoms with Gasteiger partial charge in [-0.3, -0.25) is 14.5 Å². The van der Waals surface area contributed by atoms with Gasteiger partial charge in [0.15, 0.2) is 0 Å². The molecule has 2 aromatic carbocycles. The van der Waals surface area contributed by atoms with E-state index in [0.717, 1.165) is 11.3 Å². The predicted octanol–water partition coefficient (Wildman–Crippen LogP) is 4.11. The number of rotatable bonds is 11. The van der Waals surface area contributed by atoms with Gasteiger partial charge in [-0.1, -0.05) is 42.5 Å². The first-order valence-corrected chi connectivity index (χ1v) is 11.2. The fraction of sp³-hybridized carbons (Fsp3) is 0.385. The van der Waals surface area contributed by atoms with Crippen LogP contribution in [0.15, 0.2) is 60.3 Å². The van der Waals surface area contributed by atoms with Crippen LogP contribution in [0.25, 0.3) is 5.57 Å². The first kappa shape index (κ1) is 23.5. The van der Waals surface area contributed by atoms with Gasteiger partial charge in [-0.25, -0.2) is 0 Å². The van der Waals surface area contributed by atoms with Crippen molar-refractivity contribution in [1.82, 2.24) is 9.80 Å². The fourth-order valence-corrected chi connectivity index (χ4v) is 3.74. The molecule has 3 rings (SSSR count). The largest absolute Gasteiger partial charge is 0.494 e. The molecule has 2 amide bonds. The van der Waals surface area contributed by atoms with Crippen LogP contribution in [-0.2, 0) is 20.9 Å². The highest BCUT2D eigenvalue weighted by Crippen LogP contribution is 2.33. The lowest BCUT2D eigenvalue weighted by atomic mass is 10.0. The molecule has 1 aliphatic heterocycles. The molecular weight excluding hydrogens is 404 g/mol. The van der Waals surface area contributed by atoms with Gasteiger partial charge in [-0.15, -0.1) is 0 Å². The van der Waals surface area contributed by atoms with Gasteiger partial charge in [-0.2, -0.15) is 0 Å². The first-order chi connectivity index (χ1) is 15.5. The van der Waals surface area contributed by atoms with E-state index in [4.69, 9.17) is 9.47 Å². The summed E-state index contributed by atoms with van der Waals surface area (Å²) in [5.41, 5.74) is 2.66. The second-order valence-electron chi connectivity index (χ2n) is 7.86. The van der Waals surface area contributed by atoms with Gasteiger partial charge in [0, 0.05) is 13.1 Å². The normalized spacial score (nSPS) is 14.0. The Hall–Kier alpha value is -3.12. The van der Waals surface area contributed by atoms with Crippen molar-refractivity contribution in [1.29, 1.82) is 0 Å². The Labute approximate surface area is 190 Å². The van der Waals surface area contributed by atoms with Gasteiger partial charge < -0.3 is 14.4 Å². The number of carbonyl (C=O) groups excluding carboxylic acids is 2. The number of hydrogen-bond donors (Lipinski definition) is 0. The number of ether oxygens (including phenoxy) is 2. The van der Waals surface area contributed by atoms with Crippen LogP contribution in [-0.4, -0.2) is 54.0 Å². The van der Waals surface area contributed by atoms with Gasteiger partial charge in [0.25, 0.3) is 11.8 Å². The molecule has 0 aliphatic carbocycles. The topological polar surface area (TPSA) is 59.1 Å². The van der Waals surface area contributed by atoms with E-state index >= 15 is 0 Å². The third kappa shape index (κ3) is 5.37. The molecule has 0 radical (unpaired) electrons. The number of benzene rings is 2. The summed E-state index contributed by atoms with van der Waals surface area (Å²) < 4.78 is 11.1. The maximum atomic E-state index is 13.5. The number of likely N-dealkylation sites (N-methyl/N-ethyl adjacent to an activating group) is 1. The summed E-state index contributed by atoms with van der Waals surface area (Å²) in [5, 5.41) is 0. The van der Waals surface area contributed by atoms with E-state index in [1.165, 1.54) is 4.90 Å². The molecule has 6 heteroatoms. The Kier molecular flexibility index (Phi) is 8.06. The van der Waals surface area contributed by atoms with Crippen LogP contribution in [0.5, 0.6) is 5.75 Å². The molecule has 0 spiro atoms. The number of nitrogens with zero attached hydrogens (tertiary/aromatic N) is 2. The first-order valence-electron chi connectivity index (χ1n) is 11.2. The van der Waals surface area contributed by atoms with Crippen molar-refractivity contribution in [2.75, 3.05) is 26.3 Å². The van der Waals surface area contributed by atoms with E-state index in [2.05, 4.69) is 0 Å². The highest BCUT2D eigenvalue weighted by Gasteiger charge is 2.41. The van der Waals surface area contributed by atoms with Crippen molar-refractivity contribution >= 4 is 17.4 Å². The van der Waals surface area contributed by atoms with Gasteiger partial charge >= 0.3 is 0 Å². The quantitative estimate of drug-likeness (QED) is 0.496. The van der Waals surface area contributed by atoms with Gasteiger partial charge in [0.2, 0.25) is 0 Å². The van der Waals surface area contributed by atoms with Crippen molar-refractivity contribution in [2.45, 2.75) is 40.3 Å². The Bertz CT molecular complexity index is 952. The fourth-order valence-electron chi connectivity index (χ4n) is 3.74. The Morgan fingerprint density at radius 1 is 0.938 bits per heavy atom. The second kappa shape index (κ2) is 11.0. The van der Waals surface area contributed by atoms with Crippen molar-refractivity contribution in [3.05, 3.63) is 71.4 Å². The zero-order valence-corrected chi connectivity index (χ0v) is 19.3. The molecule has 0 bridgehead atoms. The number of amides is 2. The number of carbonyl (C=O) groups is 2. The van der Waals surface area contributed by atoms with Crippen molar-refractivity contribution in [3.63, 3.8) is 0 Å². The molecule has 0 fully saturated rings. The van der Waals surface area contributed by atoms with E-state index in [0.29, 0.717) is 43.1 Å². The molecule has 1 heterocycles. The molecule has 0 saturated heterocycles. The molecule has 32 heavy (non-hydrogen) atoms. The predicted molar refractivity (Wildman–Crippen MR) is 125 cm³/mol. The average Bonchev–Trinajstić information content (AvgIpc) is 3.03. The second-order valence-corrected chi connectivity index (χ2v) is 7.86. The van der Waals surface area contributed by atoms with Crippen LogP contribution in [0.1, 0.15) is 38.8 Å². The Morgan fingerprint density at radius 3 is 2.22 bits per heavy atom. The number of imide groups is 1. The summed E-state index contributed by atoms with van der Waals surface area (Å²) >= 11 is 0. The average molecular weight is 437 g/mol. The molecule has 0 aromatic heterocycles. The van der Waals surface area contributed by atoms with Crippen LogP contribution in [0.2, 0.25) is 0 Å². The highest BCUT2D eigenvalue weighted by molar-refractivity contribution is 6.35. The maximum Gasteiger partial charge on any atom is 0.277 e. The molecule has 1 aliphatic rings. The number of hydrogen-bond acceptors (Lipinski definition) is 5. The molecule has 170 valence electrons. The lowest BCUT2D eigenvalue weighted by Gasteiger charge is -2.25. The molecule has 6 nitrogen and oxygen atoms in total. The Morgan fingerprint density at radius 2 is 1.62 bits per heavy atom. The molecule has 0 saturated carbocycles. The smallest absolute Gasteiger partial charge is 0.277 e. The summed E-state index contributed by atoms with van der Waals surface area (Å²) in [4.78, 5) is 30.2. The van der Waals surface area contributed by atoms with E-state index in [1.807, 2.05) is 87.2 Å². The van der Waals surface area contributed by atoms with E-state index in [9.17, 15) is 9.59 Å². The van der Waals surface area contributed by atoms with Crippen LogP contribution >= 0.6 is 0 Å². The van der Waals surface area contributed by atoms with E-state index in [1.54, 1.807) is 0 Å². The van der Waals surface area contributed by atoms with Crippen molar-refractivity contribution in [2.24, 2.45) is 0 Å². The lowest BCUT2D eigenvalue weighted by molar-refractivity contribution is -0.138. The van der Waals surface area contributed by atoms with E-state index in [-0.39, 0.29) is 24.5 Å². The SMILES string of the molecule is CCOc1ccc(C2=C(N(CC)Cc3ccccc3)C(=O)N(CCOC(C)C)C2=O)cc1. The zero-order valence-electron chi connectivity index (χ0n) is 19.3. The van der Waals surface area contributed by atoms with Gasteiger partial charge in [0.05, 0.1) is 31.4 Å². The van der Waals surface area contributed by atoms with Crippen LogP contribution in [0, 0.1) is 0 Å². The molecule has 0 N–H and O–H groups in total. The van der Waals surface area contributed by atoms with Crippen molar-refractivity contribution in [3.8, 4) is 5.75 Å². The zero-order chi connectivity index (χ0) is 23.1. The summed E-state index contributed by atoms with van der Waals surface area (Å²) in [5.74, 6) is 0.172. The minimum Gasteiger partial charge on any atom is -0.494 e. The van der Waals surface area contributed by atoms with Crippen LogP contribution in [0.4, 0.5) is 0 Å². The molecule has 0 atom stereocenters. The highest BCUT2D eigenvalue weighted by atomic mass is 16.5. The van der Waals surface area contributed by atoms with Crippen LogP contribution in [0.3, 0.4) is 0 Å². The van der Waals surface area contributed by atoms with Crippen molar-refractivity contribution < 1.29 is 19.1 Å². The minimum atomic E-state index is -0.284. The van der Waals surface area contributed by atoms with Gasteiger partial charge in [-0.05, 0) is 51.0 Å². The third-order valence-corrected chi connectivity index (χ3v) is 5.28. The van der Waals surface area contributed by atoms with E-state index < -0.39 is 0 Å².